The van der Waals surface area contributed by atoms with Gasteiger partial charge in [0, 0.05) is 5.39 Å². The van der Waals surface area contributed by atoms with Crippen molar-refractivity contribution >= 4 is 23.0 Å². The van der Waals surface area contributed by atoms with Crippen molar-refractivity contribution in [2.24, 2.45) is 5.10 Å². The number of aromatic nitrogens is 1. The van der Waals surface area contributed by atoms with Crippen molar-refractivity contribution in [3.63, 3.8) is 0 Å². The minimum Gasteiger partial charge on any atom is -0.463 e. The number of benzene rings is 2. The quantitative estimate of drug-likeness (QED) is 0.431. The van der Waals surface area contributed by atoms with Crippen LogP contribution >= 0.6 is 0 Å². The third-order valence-electron chi connectivity index (χ3n) is 4.16. The number of hydrogen-bond donors (Lipinski definition) is 1. The van der Waals surface area contributed by atoms with Crippen LogP contribution in [0.1, 0.15) is 21.5 Å². The molecule has 5 nitrogen and oxygen atoms in total. The maximum absolute atomic E-state index is 12.8. The molecular weight excluding hydrogens is 338 g/mol. The lowest BCUT2D eigenvalue weighted by atomic mass is 10.1. The molecular formula is C22H17N3O2. The van der Waals surface area contributed by atoms with Crippen LogP contribution in [0.2, 0.25) is 0 Å². The molecule has 4 aromatic rings. The number of hydrogen-bond acceptors (Lipinski definition) is 4. The molecule has 132 valence electrons. The number of hydrazone groups is 1. The fraction of sp³-hybridized carbons (Fsp3) is 0.0455. The summed E-state index contributed by atoms with van der Waals surface area (Å²) in [7, 11) is 0. The maximum atomic E-state index is 12.8. The zero-order chi connectivity index (χ0) is 18.6. The second kappa shape index (κ2) is 7.25. The average Bonchev–Trinajstić information content (AvgIpc) is 3.22. The molecule has 0 bridgehead atoms. The molecule has 27 heavy (non-hydrogen) atoms. The van der Waals surface area contributed by atoms with Crippen LogP contribution in [0.3, 0.4) is 0 Å². The van der Waals surface area contributed by atoms with Gasteiger partial charge in [-0.3, -0.25) is 4.79 Å². The van der Waals surface area contributed by atoms with Gasteiger partial charge < -0.3 is 4.42 Å². The number of rotatable bonds is 4. The summed E-state index contributed by atoms with van der Waals surface area (Å²) in [5.41, 5.74) is 6.48. The number of nitrogens with zero attached hydrogens (tertiary/aromatic N) is 2. The van der Waals surface area contributed by atoms with Crippen LogP contribution in [-0.4, -0.2) is 17.1 Å². The Morgan fingerprint density at radius 3 is 2.78 bits per heavy atom. The summed E-state index contributed by atoms with van der Waals surface area (Å²) < 4.78 is 5.43. The highest BCUT2D eigenvalue weighted by Gasteiger charge is 2.14. The van der Waals surface area contributed by atoms with Crippen molar-refractivity contribution in [1.82, 2.24) is 10.4 Å². The Hall–Kier alpha value is -3.73. The molecule has 0 radical (unpaired) electrons. The number of furan rings is 1. The summed E-state index contributed by atoms with van der Waals surface area (Å²) in [4.78, 5) is 17.3. The van der Waals surface area contributed by atoms with E-state index in [0.29, 0.717) is 17.0 Å². The number of carbonyl (C=O) groups excluding carboxylic acids is 1. The fourth-order valence-corrected chi connectivity index (χ4v) is 2.89. The summed E-state index contributed by atoms with van der Waals surface area (Å²) in [6, 6.07) is 20.7. The minimum atomic E-state index is -0.301. The molecule has 2 heterocycles. The lowest BCUT2D eigenvalue weighted by Gasteiger charge is -2.07. The third kappa shape index (κ3) is 3.62. The van der Waals surface area contributed by atoms with Gasteiger partial charge >= 0.3 is 0 Å². The monoisotopic (exact) mass is 355 g/mol. The minimum absolute atomic E-state index is 0.301. The Labute approximate surface area is 156 Å². The molecule has 2 aromatic heterocycles. The smallest absolute Gasteiger partial charge is 0.272 e. The second-order valence-corrected chi connectivity index (χ2v) is 6.16. The molecule has 0 aliphatic rings. The van der Waals surface area contributed by atoms with Crippen LogP contribution in [0.15, 0.2) is 82.5 Å². The van der Waals surface area contributed by atoms with Gasteiger partial charge in [0.25, 0.3) is 5.91 Å². The number of para-hydroxylation sites is 1. The highest BCUT2D eigenvalue weighted by molar-refractivity contribution is 6.07. The first-order chi connectivity index (χ1) is 13.2. The lowest BCUT2D eigenvalue weighted by Crippen LogP contribution is -2.18. The molecule has 0 aliphatic carbocycles. The van der Waals surface area contributed by atoms with Gasteiger partial charge in [0.05, 0.1) is 23.6 Å². The maximum Gasteiger partial charge on any atom is 0.272 e. The van der Waals surface area contributed by atoms with Crippen molar-refractivity contribution in [2.45, 2.75) is 6.92 Å². The van der Waals surface area contributed by atoms with E-state index >= 15 is 0 Å². The van der Waals surface area contributed by atoms with E-state index in [0.717, 1.165) is 22.0 Å². The largest absolute Gasteiger partial charge is 0.463 e. The van der Waals surface area contributed by atoms with E-state index in [4.69, 9.17) is 4.42 Å². The van der Waals surface area contributed by atoms with Gasteiger partial charge in [0.1, 0.15) is 5.69 Å². The van der Waals surface area contributed by atoms with Crippen LogP contribution < -0.4 is 5.43 Å². The summed E-state index contributed by atoms with van der Waals surface area (Å²) in [6.45, 7) is 2.01. The fourth-order valence-electron chi connectivity index (χ4n) is 2.89. The molecule has 5 heteroatoms. The Morgan fingerprint density at radius 1 is 1.07 bits per heavy atom. The predicted molar refractivity (Wildman–Crippen MR) is 106 cm³/mol. The van der Waals surface area contributed by atoms with Crippen LogP contribution in [0.25, 0.3) is 22.4 Å². The number of aryl methyl sites for hydroxylation is 1. The van der Waals surface area contributed by atoms with E-state index in [9.17, 15) is 4.79 Å². The van der Waals surface area contributed by atoms with Gasteiger partial charge in [-0.2, -0.15) is 5.10 Å². The molecule has 0 saturated heterocycles. The molecule has 0 aliphatic heterocycles. The Morgan fingerprint density at radius 2 is 1.96 bits per heavy atom. The molecule has 1 N–H and O–H groups in total. The van der Waals surface area contributed by atoms with Gasteiger partial charge in [-0.1, -0.05) is 48.0 Å². The van der Waals surface area contributed by atoms with E-state index in [1.165, 1.54) is 0 Å². The average molecular weight is 355 g/mol. The van der Waals surface area contributed by atoms with Crippen molar-refractivity contribution < 1.29 is 9.21 Å². The molecule has 0 unspecified atom stereocenters. The SMILES string of the molecule is Cc1cccc(/C=N\NC(=O)c2cc(-c3ccco3)nc3ccccc23)c1. The van der Waals surface area contributed by atoms with E-state index in [-0.39, 0.29) is 5.91 Å². The number of pyridine rings is 1. The Kier molecular flexibility index (Phi) is 4.49. The van der Waals surface area contributed by atoms with E-state index < -0.39 is 0 Å². The number of fused-ring (bicyclic) bond motifs is 1. The number of nitrogens with one attached hydrogen (secondary N) is 1. The zero-order valence-corrected chi connectivity index (χ0v) is 14.7. The highest BCUT2D eigenvalue weighted by atomic mass is 16.3. The van der Waals surface area contributed by atoms with Gasteiger partial charge in [-0.05, 0) is 36.8 Å². The molecule has 0 fully saturated rings. The van der Waals surface area contributed by atoms with Crippen LogP contribution in [0, 0.1) is 6.92 Å². The second-order valence-electron chi connectivity index (χ2n) is 6.16. The predicted octanol–water partition coefficient (Wildman–Crippen LogP) is 4.57. The normalized spacial score (nSPS) is 11.1. The van der Waals surface area contributed by atoms with Crippen molar-refractivity contribution in [1.29, 1.82) is 0 Å². The van der Waals surface area contributed by atoms with Crippen LogP contribution in [0.4, 0.5) is 0 Å². The first-order valence-corrected chi connectivity index (χ1v) is 8.54. The van der Waals surface area contributed by atoms with Gasteiger partial charge in [0.15, 0.2) is 5.76 Å². The molecule has 0 atom stereocenters. The first-order valence-electron chi connectivity index (χ1n) is 8.54. The molecule has 0 saturated carbocycles. The Bertz CT molecular complexity index is 1130. The Balaban J connectivity index is 1.66. The van der Waals surface area contributed by atoms with E-state index in [1.54, 1.807) is 24.6 Å². The van der Waals surface area contributed by atoms with Crippen LogP contribution in [-0.2, 0) is 0 Å². The summed E-state index contributed by atoms with van der Waals surface area (Å²) in [5.74, 6) is 0.309. The van der Waals surface area contributed by atoms with Crippen molar-refractivity contribution in [3.05, 3.63) is 89.7 Å². The van der Waals surface area contributed by atoms with Gasteiger partial charge in [-0.25, -0.2) is 10.4 Å². The third-order valence-corrected chi connectivity index (χ3v) is 4.16. The van der Waals surface area contributed by atoms with E-state index in [1.807, 2.05) is 61.5 Å². The number of carbonyl (C=O) groups is 1. The molecule has 0 spiro atoms. The number of amides is 1. The van der Waals surface area contributed by atoms with Crippen LogP contribution in [0.5, 0.6) is 0 Å². The van der Waals surface area contributed by atoms with Gasteiger partial charge in [0.2, 0.25) is 0 Å². The first kappa shape index (κ1) is 16.7. The summed E-state index contributed by atoms with van der Waals surface area (Å²) >= 11 is 0. The van der Waals surface area contributed by atoms with Crippen molar-refractivity contribution in [3.8, 4) is 11.5 Å². The topological polar surface area (TPSA) is 67.5 Å². The van der Waals surface area contributed by atoms with E-state index in [2.05, 4.69) is 15.5 Å². The molecule has 4 rings (SSSR count). The standard InChI is InChI=1S/C22H17N3O2/c1-15-6-4-7-16(12-15)14-23-25-22(26)18-13-20(21-10-5-11-27-21)24-19-9-3-2-8-17(18)19/h2-14H,1H3,(H,25,26)/b23-14-. The lowest BCUT2D eigenvalue weighted by molar-refractivity contribution is 0.0957. The zero-order valence-electron chi connectivity index (χ0n) is 14.7. The van der Waals surface area contributed by atoms with Crippen molar-refractivity contribution in [2.75, 3.05) is 0 Å². The molecule has 1 amide bonds. The summed E-state index contributed by atoms with van der Waals surface area (Å²) in [6.07, 6.45) is 3.21. The summed E-state index contributed by atoms with van der Waals surface area (Å²) in [5, 5.41) is 4.85. The highest BCUT2D eigenvalue weighted by Crippen LogP contribution is 2.25. The van der Waals surface area contributed by atoms with Gasteiger partial charge in [-0.15, -0.1) is 0 Å². The molecule has 2 aromatic carbocycles.